The van der Waals surface area contributed by atoms with Crippen LogP contribution in [0.4, 0.5) is 5.69 Å². The molecule has 1 radical (unpaired) electrons. The van der Waals surface area contributed by atoms with E-state index in [4.69, 9.17) is 0 Å². The Morgan fingerprint density at radius 2 is 1.94 bits per heavy atom. The third-order valence-corrected chi connectivity index (χ3v) is 2.01. The zero-order chi connectivity index (χ0) is 10.5. The van der Waals surface area contributed by atoms with Gasteiger partial charge in [-0.15, -0.1) is 5.76 Å². The van der Waals surface area contributed by atoms with Crippen LogP contribution in [0.3, 0.4) is 0 Å². The molecule has 0 bridgehead atoms. The molecule has 91 valence electrons. The first-order chi connectivity index (χ1) is 7.36. The molecule has 0 aliphatic carbocycles. The molecular formula is C12H12CoN2O2. The van der Waals surface area contributed by atoms with Crippen molar-refractivity contribution >= 4 is 11.9 Å². The molecule has 2 N–H and O–H groups in total. The molecule has 1 heterocycles. The standard InChI is InChI=1S/C12H11N2O.Co.H2O/c15-12-7-4-8-13-11(12)9-14-10-5-2-1-3-6-10;;/h1-9,11,15H;;1H2/q-1;+2;/p-1. The Morgan fingerprint density at radius 3 is 2.59 bits per heavy atom. The van der Waals surface area contributed by atoms with Crippen LogP contribution in [0, 0.1) is 0 Å². The van der Waals surface area contributed by atoms with Gasteiger partial charge in [0.05, 0.1) is 5.69 Å². The van der Waals surface area contributed by atoms with E-state index >= 15 is 0 Å². The van der Waals surface area contributed by atoms with Gasteiger partial charge in [0.15, 0.2) is 0 Å². The van der Waals surface area contributed by atoms with E-state index in [1.165, 1.54) is 6.08 Å². The first kappa shape index (κ1) is 15.4. The molecule has 5 heteroatoms. The van der Waals surface area contributed by atoms with Crippen LogP contribution in [0.25, 0.3) is 5.32 Å². The molecular weight excluding hydrogens is 263 g/mol. The maximum Gasteiger partial charge on any atom is 2.00 e. The smallest absolute Gasteiger partial charge is 0.876 e. The number of hydrogen-bond acceptors (Lipinski definition) is 2. The van der Waals surface area contributed by atoms with Gasteiger partial charge in [-0.2, -0.15) is 6.20 Å². The fraction of sp³-hybridized carbons (Fsp3) is 0.0833. The predicted octanol–water partition coefficient (Wildman–Crippen LogP) is 1.08. The van der Waals surface area contributed by atoms with E-state index in [1.807, 2.05) is 30.3 Å². The van der Waals surface area contributed by atoms with Crippen molar-refractivity contribution in [3.05, 3.63) is 59.8 Å². The Morgan fingerprint density at radius 1 is 1.24 bits per heavy atom. The van der Waals surface area contributed by atoms with E-state index in [9.17, 15) is 5.11 Å². The molecule has 17 heavy (non-hydrogen) atoms. The van der Waals surface area contributed by atoms with Crippen LogP contribution in [0.2, 0.25) is 0 Å². The van der Waals surface area contributed by atoms with E-state index in [2.05, 4.69) is 10.3 Å². The van der Waals surface area contributed by atoms with Gasteiger partial charge in [0.2, 0.25) is 0 Å². The van der Waals surface area contributed by atoms with Gasteiger partial charge in [-0.05, 0) is 18.3 Å². The van der Waals surface area contributed by atoms with Gasteiger partial charge >= 0.3 is 16.8 Å². The summed E-state index contributed by atoms with van der Waals surface area (Å²) in [6, 6.07) is 9.02. The molecule has 0 saturated heterocycles. The quantitative estimate of drug-likeness (QED) is 0.743. The topological polar surface area (TPSA) is 81.0 Å². The monoisotopic (exact) mass is 275 g/mol. The first-order valence-corrected chi connectivity index (χ1v) is 4.69. The molecule has 1 atom stereocenters. The molecule has 2 rings (SSSR count). The second kappa shape index (κ2) is 7.67. The van der Waals surface area contributed by atoms with Crippen molar-refractivity contribution in [2.24, 2.45) is 4.99 Å². The van der Waals surface area contributed by atoms with Crippen molar-refractivity contribution in [3.8, 4) is 0 Å². The van der Waals surface area contributed by atoms with Gasteiger partial charge in [0.25, 0.3) is 0 Å². The Hall–Kier alpha value is -1.56. The third-order valence-electron chi connectivity index (χ3n) is 2.01. The number of benzene rings is 1. The molecule has 4 nitrogen and oxygen atoms in total. The normalized spacial score (nSPS) is 17.6. The maximum absolute atomic E-state index is 11.3. The molecule has 1 aliphatic heterocycles. The van der Waals surface area contributed by atoms with E-state index < -0.39 is 6.04 Å². The van der Waals surface area contributed by atoms with Crippen molar-refractivity contribution in [2.45, 2.75) is 6.04 Å². The summed E-state index contributed by atoms with van der Waals surface area (Å²) in [6.07, 6.45) is 6.32. The number of aliphatic imine (C=N–C) groups is 1. The first-order valence-electron chi connectivity index (χ1n) is 4.69. The SMILES string of the molecule is O.[Co+2].[O-]C1=CC=C[N-]C1C=Nc1ccccc1. The zero-order valence-electron chi connectivity index (χ0n) is 8.91. The van der Waals surface area contributed by atoms with E-state index in [0.717, 1.165) is 5.69 Å². The molecule has 1 aromatic carbocycles. The van der Waals surface area contributed by atoms with Crippen LogP contribution in [0.15, 0.2) is 59.4 Å². The van der Waals surface area contributed by atoms with Crippen molar-refractivity contribution in [3.63, 3.8) is 0 Å². The molecule has 1 unspecified atom stereocenters. The summed E-state index contributed by atoms with van der Waals surface area (Å²) in [5.41, 5.74) is 0.829. The fourth-order valence-corrected chi connectivity index (χ4v) is 1.24. The van der Waals surface area contributed by atoms with Crippen LogP contribution < -0.4 is 5.11 Å². The van der Waals surface area contributed by atoms with Gasteiger partial charge < -0.3 is 15.9 Å². The summed E-state index contributed by atoms with van der Waals surface area (Å²) in [5, 5.41) is 15.3. The second-order valence-corrected chi connectivity index (χ2v) is 3.12. The van der Waals surface area contributed by atoms with E-state index in [-0.39, 0.29) is 28.0 Å². The molecule has 0 spiro atoms. The summed E-state index contributed by atoms with van der Waals surface area (Å²) in [6.45, 7) is 0. The molecule has 1 aliphatic rings. The molecule has 1 aromatic rings. The number of allylic oxidation sites excluding steroid dienone is 2. The number of rotatable bonds is 2. The van der Waals surface area contributed by atoms with Crippen LogP contribution in [-0.4, -0.2) is 17.7 Å². The van der Waals surface area contributed by atoms with Crippen molar-refractivity contribution < 1.29 is 27.4 Å². The molecule has 0 fully saturated rings. The van der Waals surface area contributed by atoms with Gasteiger partial charge in [-0.3, -0.25) is 4.99 Å². The van der Waals surface area contributed by atoms with Crippen LogP contribution in [0.1, 0.15) is 0 Å². The van der Waals surface area contributed by atoms with Crippen LogP contribution in [0.5, 0.6) is 0 Å². The number of para-hydroxylation sites is 1. The number of nitrogens with zero attached hydrogens (tertiary/aromatic N) is 2. The zero-order valence-corrected chi connectivity index (χ0v) is 9.95. The van der Waals surface area contributed by atoms with Crippen molar-refractivity contribution in [1.82, 2.24) is 0 Å². The summed E-state index contributed by atoms with van der Waals surface area (Å²) in [7, 11) is 0. The Kier molecular flexibility index (Phi) is 6.96. The van der Waals surface area contributed by atoms with E-state index in [0.29, 0.717) is 0 Å². The van der Waals surface area contributed by atoms with Gasteiger partial charge in [-0.1, -0.05) is 36.4 Å². The maximum atomic E-state index is 11.3. The van der Waals surface area contributed by atoms with Crippen molar-refractivity contribution in [1.29, 1.82) is 0 Å². The summed E-state index contributed by atoms with van der Waals surface area (Å²) in [5.74, 6) is -0.0304. The third kappa shape index (κ3) is 4.44. The summed E-state index contributed by atoms with van der Waals surface area (Å²) in [4.78, 5) is 4.19. The summed E-state index contributed by atoms with van der Waals surface area (Å²) >= 11 is 0. The van der Waals surface area contributed by atoms with Gasteiger partial charge in [0, 0.05) is 0 Å². The minimum Gasteiger partial charge on any atom is -0.876 e. The van der Waals surface area contributed by atoms with Crippen molar-refractivity contribution in [2.75, 3.05) is 0 Å². The molecule has 0 amide bonds. The van der Waals surface area contributed by atoms with Crippen LogP contribution in [-0.2, 0) is 16.8 Å². The Labute approximate surface area is 110 Å². The molecule has 0 saturated carbocycles. The average Bonchev–Trinajstić information content (AvgIpc) is 2.29. The van der Waals surface area contributed by atoms with Gasteiger partial charge in [-0.25, -0.2) is 0 Å². The Balaban J connectivity index is 0.00000128. The largest absolute Gasteiger partial charge is 2.00 e. The average molecular weight is 275 g/mol. The molecule has 0 aromatic heterocycles. The Bertz CT molecular complexity index is 416. The number of hydrogen-bond donors (Lipinski definition) is 0. The van der Waals surface area contributed by atoms with Crippen LogP contribution >= 0.6 is 0 Å². The minimum atomic E-state index is -0.463. The fourth-order valence-electron chi connectivity index (χ4n) is 1.24. The predicted molar refractivity (Wildman–Crippen MR) is 62.6 cm³/mol. The van der Waals surface area contributed by atoms with E-state index in [1.54, 1.807) is 18.5 Å². The summed E-state index contributed by atoms with van der Waals surface area (Å²) < 4.78 is 0. The van der Waals surface area contributed by atoms with Gasteiger partial charge in [0.1, 0.15) is 0 Å². The minimum absolute atomic E-state index is 0. The second-order valence-electron chi connectivity index (χ2n) is 3.12.